The average Bonchev–Trinajstić information content (AvgIpc) is 3.09. The van der Waals surface area contributed by atoms with E-state index < -0.39 is 0 Å². The summed E-state index contributed by atoms with van der Waals surface area (Å²) in [7, 11) is 3.18. The molecule has 0 radical (unpaired) electrons. The van der Waals surface area contributed by atoms with Gasteiger partial charge in [-0.2, -0.15) is 0 Å². The van der Waals surface area contributed by atoms with Crippen LogP contribution in [0, 0.1) is 0 Å². The predicted molar refractivity (Wildman–Crippen MR) is 97.9 cm³/mol. The lowest BCUT2D eigenvalue weighted by molar-refractivity contribution is 0.102. The Labute approximate surface area is 153 Å². The van der Waals surface area contributed by atoms with Crippen molar-refractivity contribution in [2.24, 2.45) is 0 Å². The lowest BCUT2D eigenvalue weighted by Gasteiger charge is -2.08. The smallest absolute Gasteiger partial charge is 0.257 e. The molecule has 3 aromatic rings. The third kappa shape index (κ3) is 3.89. The van der Waals surface area contributed by atoms with Gasteiger partial charge in [0.2, 0.25) is 0 Å². The van der Waals surface area contributed by atoms with Crippen molar-refractivity contribution in [2.45, 2.75) is 0 Å². The molecule has 0 bridgehead atoms. The minimum atomic E-state index is -0.299. The van der Waals surface area contributed by atoms with E-state index in [1.54, 1.807) is 26.4 Å². The van der Waals surface area contributed by atoms with Crippen molar-refractivity contribution in [2.75, 3.05) is 19.5 Å². The molecule has 0 fully saturated rings. The van der Waals surface area contributed by atoms with Crippen LogP contribution in [-0.2, 0) is 0 Å². The number of hydrogen-bond donors (Lipinski definition) is 1. The normalized spacial score (nSPS) is 10.4. The molecule has 0 aliphatic carbocycles. The summed E-state index contributed by atoms with van der Waals surface area (Å²) in [6, 6.07) is 8.56. The molecule has 128 valence electrons. The Bertz CT molecular complexity index is 914. The van der Waals surface area contributed by atoms with Crippen LogP contribution in [0.15, 0.2) is 41.9 Å². The van der Waals surface area contributed by atoms with E-state index in [4.69, 9.17) is 21.1 Å². The third-order valence-corrected chi connectivity index (χ3v) is 4.36. The number of aromatic nitrogens is 2. The van der Waals surface area contributed by atoms with E-state index in [0.717, 1.165) is 5.56 Å². The summed E-state index contributed by atoms with van der Waals surface area (Å²) in [6.45, 7) is 0. The molecule has 1 N–H and O–H groups in total. The van der Waals surface area contributed by atoms with Crippen LogP contribution >= 0.6 is 22.9 Å². The Kier molecular flexibility index (Phi) is 5.16. The van der Waals surface area contributed by atoms with Crippen molar-refractivity contribution >= 4 is 34.0 Å². The van der Waals surface area contributed by atoms with E-state index in [9.17, 15) is 4.79 Å². The number of nitrogens with one attached hydrogen (secondary N) is 1. The van der Waals surface area contributed by atoms with Gasteiger partial charge in [-0.05, 0) is 24.3 Å². The van der Waals surface area contributed by atoms with E-state index in [1.807, 2.05) is 17.5 Å². The number of ether oxygens (including phenoxy) is 2. The highest BCUT2D eigenvalue weighted by Gasteiger charge is 2.13. The van der Waals surface area contributed by atoms with Crippen LogP contribution in [0.2, 0.25) is 5.15 Å². The lowest BCUT2D eigenvalue weighted by atomic mass is 10.1. The van der Waals surface area contributed by atoms with Gasteiger partial charge in [0.25, 0.3) is 5.91 Å². The SMILES string of the molecule is COc1ccc(-c2csc(NC(=O)c3ccnc(Cl)c3)n2)c(OC)c1. The van der Waals surface area contributed by atoms with E-state index >= 15 is 0 Å². The number of amides is 1. The number of anilines is 1. The highest BCUT2D eigenvalue weighted by Crippen LogP contribution is 2.34. The van der Waals surface area contributed by atoms with Gasteiger partial charge in [0, 0.05) is 28.8 Å². The van der Waals surface area contributed by atoms with E-state index in [-0.39, 0.29) is 11.1 Å². The minimum absolute atomic E-state index is 0.260. The Morgan fingerprint density at radius 1 is 1.20 bits per heavy atom. The number of hydrogen-bond acceptors (Lipinski definition) is 6. The first kappa shape index (κ1) is 17.2. The topological polar surface area (TPSA) is 73.3 Å². The number of thiazole rings is 1. The molecule has 25 heavy (non-hydrogen) atoms. The van der Waals surface area contributed by atoms with Crippen LogP contribution in [0.1, 0.15) is 10.4 Å². The molecule has 1 amide bonds. The first-order valence-electron chi connectivity index (χ1n) is 7.21. The predicted octanol–water partition coefficient (Wildman–Crippen LogP) is 4.13. The fourth-order valence-corrected chi connectivity index (χ4v) is 3.06. The van der Waals surface area contributed by atoms with Gasteiger partial charge < -0.3 is 9.47 Å². The second-order valence-corrected chi connectivity index (χ2v) is 6.17. The van der Waals surface area contributed by atoms with Crippen molar-refractivity contribution in [1.29, 1.82) is 0 Å². The van der Waals surface area contributed by atoms with Gasteiger partial charge >= 0.3 is 0 Å². The molecule has 2 heterocycles. The van der Waals surface area contributed by atoms with Crippen LogP contribution in [-0.4, -0.2) is 30.1 Å². The van der Waals surface area contributed by atoms with Gasteiger partial charge in [-0.3, -0.25) is 10.1 Å². The average molecular weight is 376 g/mol. The van der Waals surface area contributed by atoms with Gasteiger partial charge in [0.1, 0.15) is 16.7 Å². The maximum Gasteiger partial charge on any atom is 0.257 e. The van der Waals surface area contributed by atoms with Crippen molar-refractivity contribution in [1.82, 2.24) is 9.97 Å². The fourth-order valence-electron chi connectivity index (χ4n) is 2.18. The number of benzene rings is 1. The molecule has 0 atom stereocenters. The number of pyridine rings is 1. The fraction of sp³-hybridized carbons (Fsp3) is 0.118. The number of rotatable bonds is 5. The number of carbonyl (C=O) groups is 1. The Morgan fingerprint density at radius 3 is 2.76 bits per heavy atom. The summed E-state index contributed by atoms with van der Waals surface area (Å²) in [6.07, 6.45) is 1.48. The van der Waals surface area contributed by atoms with Gasteiger partial charge in [-0.25, -0.2) is 9.97 Å². The quantitative estimate of drug-likeness (QED) is 0.679. The largest absolute Gasteiger partial charge is 0.497 e. The van der Waals surface area contributed by atoms with Gasteiger partial charge in [0.05, 0.1) is 19.9 Å². The standard InChI is InChI=1S/C17H14ClN3O3S/c1-23-11-3-4-12(14(8-11)24-2)13-9-25-17(20-13)21-16(22)10-5-6-19-15(18)7-10/h3-9H,1-2H3,(H,20,21,22). The second-order valence-electron chi connectivity index (χ2n) is 4.93. The van der Waals surface area contributed by atoms with Crippen LogP contribution < -0.4 is 14.8 Å². The summed E-state index contributed by atoms with van der Waals surface area (Å²) < 4.78 is 10.6. The molecule has 0 saturated carbocycles. The molecular weight excluding hydrogens is 362 g/mol. The van der Waals surface area contributed by atoms with Crippen LogP contribution in [0.3, 0.4) is 0 Å². The molecule has 1 aromatic carbocycles. The lowest BCUT2D eigenvalue weighted by Crippen LogP contribution is -2.11. The number of nitrogens with zero attached hydrogens (tertiary/aromatic N) is 2. The molecular formula is C17H14ClN3O3S. The van der Waals surface area contributed by atoms with Gasteiger partial charge in [-0.15, -0.1) is 11.3 Å². The molecule has 3 rings (SSSR count). The van der Waals surface area contributed by atoms with Crippen LogP contribution in [0.5, 0.6) is 11.5 Å². The zero-order valence-corrected chi connectivity index (χ0v) is 15.0. The minimum Gasteiger partial charge on any atom is -0.497 e. The molecule has 0 spiro atoms. The number of methoxy groups -OCH3 is 2. The van der Waals surface area contributed by atoms with Crippen molar-refractivity contribution in [3.8, 4) is 22.8 Å². The van der Waals surface area contributed by atoms with Gasteiger partial charge in [-0.1, -0.05) is 11.6 Å². The second kappa shape index (κ2) is 7.50. The third-order valence-electron chi connectivity index (χ3n) is 3.40. The summed E-state index contributed by atoms with van der Waals surface area (Å²) in [5, 5.41) is 5.34. The Morgan fingerprint density at radius 2 is 2.04 bits per heavy atom. The molecule has 6 nitrogen and oxygen atoms in total. The number of carbonyl (C=O) groups excluding carboxylic acids is 1. The van der Waals surface area contributed by atoms with Crippen molar-refractivity contribution in [3.63, 3.8) is 0 Å². The monoisotopic (exact) mass is 375 g/mol. The van der Waals surface area contributed by atoms with Crippen molar-refractivity contribution in [3.05, 3.63) is 52.6 Å². The maximum absolute atomic E-state index is 12.2. The Balaban J connectivity index is 1.82. The van der Waals surface area contributed by atoms with Crippen molar-refractivity contribution < 1.29 is 14.3 Å². The van der Waals surface area contributed by atoms with E-state index in [0.29, 0.717) is 27.9 Å². The Hall–Kier alpha value is -2.64. The summed E-state index contributed by atoms with van der Waals surface area (Å²) in [4.78, 5) is 20.6. The zero-order chi connectivity index (χ0) is 17.8. The zero-order valence-electron chi connectivity index (χ0n) is 13.4. The molecule has 0 unspecified atom stereocenters. The summed E-state index contributed by atoms with van der Waals surface area (Å²) in [5.41, 5.74) is 1.93. The van der Waals surface area contributed by atoms with Crippen LogP contribution in [0.4, 0.5) is 5.13 Å². The van der Waals surface area contributed by atoms with E-state index in [2.05, 4.69) is 15.3 Å². The maximum atomic E-state index is 12.2. The molecule has 0 aliphatic heterocycles. The van der Waals surface area contributed by atoms with Gasteiger partial charge in [0.15, 0.2) is 5.13 Å². The highest BCUT2D eigenvalue weighted by atomic mass is 35.5. The molecule has 2 aromatic heterocycles. The van der Waals surface area contributed by atoms with E-state index in [1.165, 1.54) is 23.6 Å². The molecule has 0 saturated heterocycles. The highest BCUT2D eigenvalue weighted by molar-refractivity contribution is 7.14. The molecule has 8 heteroatoms. The first-order valence-corrected chi connectivity index (χ1v) is 8.47. The summed E-state index contributed by atoms with van der Waals surface area (Å²) >= 11 is 7.13. The summed E-state index contributed by atoms with van der Waals surface area (Å²) in [5.74, 6) is 1.04. The van der Waals surface area contributed by atoms with Crippen LogP contribution in [0.25, 0.3) is 11.3 Å². The molecule has 0 aliphatic rings. The first-order chi connectivity index (χ1) is 12.1. The number of halogens is 1.